The van der Waals surface area contributed by atoms with E-state index in [2.05, 4.69) is 29.4 Å². The van der Waals surface area contributed by atoms with Gasteiger partial charge in [0.1, 0.15) is 11.4 Å². The fraction of sp³-hybridized carbons (Fsp3) is 0.300. The van der Waals surface area contributed by atoms with Crippen LogP contribution in [-0.2, 0) is 11.3 Å². The first-order valence-electron chi connectivity index (χ1n) is 8.74. The molecule has 3 aromatic rings. The number of rotatable bonds is 5. The zero-order chi connectivity index (χ0) is 19.6. The average molecular weight is 382 g/mol. The Morgan fingerprint density at radius 1 is 1.30 bits per heavy atom. The van der Waals surface area contributed by atoms with Crippen LogP contribution in [0.5, 0.6) is 0 Å². The molecule has 0 saturated heterocycles. The summed E-state index contributed by atoms with van der Waals surface area (Å²) in [6.45, 7) is 8.00. The Labute approximate surface area is 161 Å². The second-order valence-corrected chi connectivity index (χ2v) is 7.96. The lowest BCUT2D eigenvalue weighted by molar-refractivity contribution is -0.121. The number of hydrazone groups is 1. The molecule has 3 rings (SSSR count). The SMILES string of the molecule is Cc1sc2ncn(CC(=O)N/N=C/c3ccc(C(C)C)cc3)c(=O)c2c1C. The standard InChI is InChI=1S/C20H22N4O2S/c1-12(2)16-7-5-15(6-8-16)9-22-23-17(25)10-24-11-21-19-18(20(24)26)13(3)14(4)27-19/h5-9,11-12H,10H2,1-4H3,(H,23,25)/b22-9+. The van der Waals surface area contributed by atoms with Crippen LogP contribution in [0.1, 0.15) is 41.3 Å². The Balaban J connectivity index is 1.67. The van der Waals surface area contributed by atoms with Gasteiger partial charge in [0.05, 0.1) is 17.9 Å². The summed E-state index contributed by atoms with van der Waals surface area (Å²) in [6, 6.07) is 7.99. The summed E-state index contributed by atoms with van der Waals surface area (Å²) in [5.74, 6) is 0.0912. The minimum atomic E-state index is -0.377. The third kappa shape index (κ3) is 4.14. The molecule has 2 heterocycles. The number of aromatic nitrogens is 2. The van der Waals surface area contributed by atoms with E-state index >= 15 is 0 Å². The van der Waals surface area contributed by atoms with Crippen molar-refractivity contribution in [3.8, 4) is 0 Å². The molecule has 140 valence electrons. The van der Waals surface area contributed by atoms with Crippen molar-refractivity contribution in [2.24, 2.45) is 5.10 Å². The Morgan fingerprint density at radius 3 is 2.67 bits per heavy atom. The van der Waals surface area contributed by atoms with Gasteiger partial charge in [-0.15, -0.1) is 11.3 Å². The quantitative estimate of drug-likeness (QED) is 0.543. The number of aryl methyl sites for hydroxylation is 2. The van der Waals surface area contributed by atoms with Crippen LogP contribution >= 0.6 is 11.3 Å². The fourth-order valence-corrected chi connectivity index (χ4v) is 3.71. The number of hydrogen-bond acceptors (Lipinski definition) is 5. The Kier molecular flexibility index (Phi) is 5.51. The second kappa shape index (κ2) is 7.84. The lowest BCUT2D eigenvalue weighted by Crippen LogP contribution is -2.30. The largest absolute Gasteiger partial charge is 0.289 e. The Bertz CT molecular complexity index is 1060. The highest BCUT2D eigenvalue weighted by Gasteiger charge is 2.13. The van der Waals surface area contributed by atoms with E-state index in [9.17, 15) is 9.59 Å². The molecule has 1 aromatic carbocycles. The van der Waals surface area contributed by atoms with Gasteiger partial charge < -0.3 is 0 Å². The maximum absolute atomic E-state index is 12.6. The van der Waals surface area contributed by atoms with Crippen molar-refractivity contribution in [1.29, 1.82) is 0 Å². The van der Waals surface area contributed by atoms with E-state index in [0.29, 0.717) is 16.1 Å². The number of amides is 1. The molecule has 0 aliphatic rings. The summed E-state index contributed by atoms with van der Waals surface area (Å²) in [4.78, 5) is 30.8. The molecular formula is C20H22N4O2S. The number of hydrogen-bond donors (Lipinski definition) is 1. The van der Waals surface area contributed by atoms with Gasteiger partial charge in [-0.05, 0) is 36.5 Å². The van der Waals surface area contributed by atoms with Gasteiger partial charge in [-0.25, -0.2) is 10.4 Å². The number of carbonyl (C=O) groups is 1. The number of nitrogens with one attached hydrogen (secondary N) is 1. The van der Waals surface area contributed by atoms with E-state index < -0.39 is 0 Å². The molecule has 0 bridgehead atoms. The van der Waals surface area contributed by atoms with Crippen LogP contribution in [0.15, 0.2) is 40.5 Å². The number of carbonyl (C=O) groups excluding carboxylic acids is 1. The molecule has 0 aliphatic heterocycles. The van der Waals surface area contributed by atoms with E-state index in [1.807, 2.05) is 38.1 Å². The average Bonchev–Trinajstić information content (AvgIpc) is 2.93. The van der Waals surface area contributed by atoms with Gasteiger partial charge in [0.25, 0.3) is 11.5 Å². The minimum Gasteiger partial charge on any atom is -0.289 e. The highest BCUT2D eigenvalue weighted by Crippen LogP contribution is 2.25. The summed E-state index contributed by atoms with van der Waals surface area (Å²) < 4.78 is 1.31. The molecule has 2 aromatic heterocycles. The summed E-state index contributed by atoms with van der Waals surface area (Å²) in [6.07, 6.45) is 2.99. The number of benzene rings is 1. The maximum atomic E-state index is 12.6. The van der Waals surface area contributed by atoms with Crippen LogP contribution in [0.2, 0.25) is 0 Å². The second-order valence-electron chi connectivity index (χ2n) is 6.76. The monoisotopic (exact) mass is 382 g/mol. The predicted molar refractivity (Wildman–Crippen MR) is 110 cm³/mol. The van der Waals surface area contributed by atoms with Gasteiger partial charge in [0, 0.05) is 4.88 Å². The van der Waals surface area contributed by atoms with Crippen LogP contribution in [0.25, 0.3) is 10.2 Å². The molecule has 0 aliphatic carbocycles. The van der Waals surface area contributed by atoms with Crippen molar-refractivity contribution < 1.29 is 4.79 Å². The summed E-state index contributed by atoms with van der Waals surface area (Å²) in [5.41, 5.74) is 5.32. The molecule has 1 amide bonds. The third-order valence-corrected chi connectivity index (χ3v) is 5.59. The molecule has 7 heteroatoms. The van der Waals surface area contributed by atoms with E-state index in [-0.39, 0.29) is 18.0 Å². The van der Waals surface area contributed by atoms with Gasteiger partial charge in [-0.1, -0.05) is 38.1 Å². The van der Waals surface area contributed by atoms with Crippen molar-refractivity contribution in [2.75, 3.05) is 0 Å². The number of nitrogens with zero attached hydrogens (tertiary/aromatic N) is 3. The number of thiophene rings is 1. The number of fused-ring (bicyclic) bond motifs is 1. The van der Waals surface area contributed by atoms with Crippen LogP contribution < -0.4 is 11.0 Å². The molecule has 0 radical (unpaired) electrons. The van der Waals surface area contributed by atoms with Crippen molar-refractivity contribution in [3.63, 3.8) is 0 Å². The minimum absolute atomic E-state index is 0.125. The first-order valence-corrected chi connectivity index (χ1v) is 9.55. The lowest BCUT2D eigenvalue weighted by Gasteiger charge is -2.05. The molecule has 0 spiro atoms. The molecular weight excluding hydrogens is 360 g/mol. The van der Waals surface area contributed by atoms with E-state index in [4.69, 9.17) is 0 Å². The van der Waals surface area contributed by atoms with E-state index in [0.717, 1.165) is 16.0 Å². The third-order valence-electron chi connectivity index (χ3n) is 4.48. The van der Waals surface area contributed by atoms with E-state index in [1.165, 1.54) is 27.8 Å². The molecule has 0 atom stereocenters. The molecule has 0 unspecified atom stereocenters. The van der Waals surface area contributed by atoms with Crippen molar-refractivity contribution in [2.45, 2.75) is 40.2 Å². The van der Waals surface area contributed by atoms with E-state index in [1.54, 1.807) is 6.21 Å². The summed E-state index contributed by atoms with van der Waals surface area (Å²) in [7, 11) is 0. The molecule has 0 fully saturated rings. The van der Waals surface area contributed by atoms with Crippen molar-refractivity contribution in [1.82, 2.24) is 15.0 Å². The predicted octanol–water partition coefficient (Wildman–Crippen LogP) is 3.35. The maximum Gasteiger partial charge on any atom is 0.262 e. The molecule has 0 saturated carbocycles. The Hall–Kier alpha value is -2.80. The molecule has 6 nitrogen and oxygen atoms in total. The topological polar surface area (TPSA) is 76.3 Å². The van der Waals surface area contributed by atoms with Gasteiger partial charge >= 0.3 is 0 Å². The zero-order valence-corrected chi connectivity index (χ0v) is 16.6. The molecule has 1 N–H and O–H groups in total. The van der Waals surface area contributed by atoms with Gasteiger partial charge in [-0.2, -0.15) is 5.10 Å². The van der Waals surface area contributed by atoms with Crippen LogP contribution in [0.3, 0.4) is 0 Å². The highest BCUT2D eigenvalue weighted by atomic mass is 32.1. The highest BCUT2D eigenvalue weighted by molar-refractivity contribution is 7.18. The first-order chi connectivity index (χ1) is 12.9. The van der Waals surface area contributed by atoms with Gasteiger partial charge in [0.2, 0.25) is 0 Å². The smallest absolute Gasteiger partial charge is 0.262 e. The summed E-state index contributed by atoms with van der Waals surface area (Å²) >= 11 is 1.49. The zero-order valence-electron chi connectivity index (χ0n) is 15.8. The lowest BCUT2D eigenvalue weighted by atomic mass is 10.0. The van der Waals surface area contributed by atoms with Crippen LogP contribution in [0.4, 0.5) is 0 Å². The van der Waals surface area contributed by atoms with Gasteiger partial charge in [0.15, 0.2) is 0 Å². The van der Waals surface area contributed by atoms with Crippen molar-refractivity contribution >= 4 is 33.7 Å². The normalized spacial score (nSPS) is 11.6. The molecule has 27 heavy (non-hydrogen) atoms. The van der Waals surface area contributed by atoms with Gasteiger partial charge in [-0.3, -0.25) is 14.2 Å². The first kappa shape index (κ1) is 19.0. The van der Waals surface area contributed by atoms with Crippen LogP contribution in [0, 0.1) is 13.8 Å². The fourth-order valence-electron chi connectivity index (χ4n) is 2.72. The summed E-state index contributed by atoms with van der Waals surface area (Å²) in [5, 5.41) is 4.55. The van der Waals surface area contributed by atoms with Crippen molar-refractivity contribution in [3.05, 3.63) is 62.5 Å². The van der Waals surface area contributed by atoms with Crippen LogP contribution in [-0.4, -0.2) is 21.7 Å². The Morgan fingerprint density at radius 2 is 2.00 bits per heavy atom.